The van der Waals surface area contributed by atoms with Crippen LogP contribution < -0.4 is 5.32 Å². The van der Waals surface area contributed by atoms with Crippen molar-refractivity contribution in [1.82, 2.24) is 5.32 Å². The molecule has 0 spiro atoms. The van der Waals surface area contributed by atoms with Crippen molar-refractivity contribution in [2.45, 2.75) is 45.1 Å². The molecule has 1 saturated heterocycles. The number of piperidine rings is 1. The Hall–Kier alpha value is -0.570. The maximum Gasteiger partial charge on any atom is 0.307 e. The fourth-order valence-electron chi connectivity index (χ4n) is 1.80. The Balaban J connectivity index is 2.36. The van der Waals surface area contributed by atoms with Crippen molar-refractivity contribution >= 4 is 5.97 Å². The zero-order chi connectivity index (χ0) is 9.73. The lowest BCUT2D eigenvalue weighted by molar-refractivity contribution is -0.144. The van der Waals surface area contributed by atoms with Crippen LogP contribution in [0.15, 0.2) is 0 Å². The van der Waals surface area contributed by atoms with Crippen LogP contribution in [-0.4, -0.2) is 24.7 Å². The van der Waals surface area contributed by atoms with Crippen LogP contribution in [0, 0.1) is 0 Å². The summed E-state index contributed by atoms with van der Waals surface area (Å²) in [6.45, 7) is 5.45. The van der Waals surface area contributed by atoms with Crippen LogP contribution in [0.25, 0.3) is 0 Å². The summed E-state index contributed by atoms with van der Waals surface area (Å²) < 4.78 is 4.93. The highest BCUT2D eigenvalue weighted by molar-refractivity contribution is 5.70. The van der Waals surface area contributed by atoms with E-state index in [-0.39, 0.29) is 11.5 Å². The number of carbonyl (C=O) groups excluding carboxylic acids is 1. The first-order chi connectivity index (χ1) is 6.16. The molecule has 1 fully saturated rings. The quantitative estimate of drug-likeness (QED) is 0.677. The Labute approximate surface area is 79.8 Å². The second kappa shape index (κ2) is 4.61. The van der Waals surface area contributed by atoms with Gasteiger partial charge in [0.15, 0.2) is 0 Å². The molecular formula is C10H19NO2. The van der Waals surface area contributed by atoms with Crippen LogP contribution in [-0.2, 0) is 9.53 Å². The minimum absolute atomic E-state index is 0.0233. The summed E-state index contributed by atoms with van der Waals surface area (Å²) in [5.74, 6) is -0.0839. The molecule has 3 heteroatoms. The number of carbonyl (C=O) groups is 1. The van der Waals surface area contributed by atoms with Crippen LogP contribution in [0.1, 0.15) is 39.5 Å². The molecule has 0 amide bonds. The zero-order valence-corrected chi connectivity index (χ0v) is 8.56. The third-order valence-electron chi connectivity index (χ3n) is 2.55. The number of nitrogens with one attached hydrogen (secondary N) is 1. The van der Waals surface area contributed by atoms with E-state index in [2.05, 4.69) is 12.2 Å². The van der Waals surface area contributed by atoms with Crippen molar-refractivity contribution in [2.75, 3.05) is 13.2 Å². The van der Waals surface area contributed by atoms with Gasteiger partial charge in [0.05, 0.1) is 13.0 Å². The molecule has 0 aromatic heterocycles. The molecule has 1 rings (SSSR count). The molecule has 1 aliphatic rings. The van der Waals surface area contributed by atoms with Crippen molar-refractivity contribution in [2.24, 2.45) is 0 Å². The van der Waals surface area contributed by atoms with E-state index in [1.54, 1.807) is 0 Å². The first-order valence-electron chi connectivity index (χ1n) is 5.07. The maximum atomic E-state index is 11.3. The second-order valence-corrected chi connectivity index (χ2v) is 3.93. The maximum absolute atomic E-state index is 11.3. The highest BCUT2D eigenvalue weighted by Gasteiger charge is 2.29. The van der Waals surface area contributed by atoms with Crippen LogP contribution >= 0.6 is 0 Å². The molecule has 76 valence electrons. The van der Waals surface area contributed by atoms with Crippen LogP contribution in [0.4, 0.5) is 0 Å². The van der Waals surface area contributed by atoms with Gasteiger partial charge in [-0.1, -0.05) is 6.42 Å². The van der Waals surface area contributed by atoms with E-state index in [1.807, 2.05) is 6.92 Å². The normalized spacial score (nSPS) is 28.5. The molecule has 1 heterocycles. The van der Waals surface area contributed by atoms with Gasteiger partial charge >= 0.3 is 5.97 Å². The summed E-state index contributed by atoms with van der Waals surface area (Å²) in [6, 6.07) is 0. The highest BCUT2D eigenvalue weighted by Crippen LogP contribution is 2.22. The fourth-order valence-corrected chi connectivity index (χ4v) is 1.80. The van der Waals surface area contributed by atoms with E-state index >= 15 is 0 Å². The Bertz CT molecular complexity index is 174. The monoisotopic (exact) mass is 185 g/mol. The smallest absolute Gasteiger partial charge is 0.307 e. The van der Waals surface area contributed by atoms with Gasteiger partial charge in [0, 0.05) is 5.54 Å². The minimum Gasteiger partial charge on any atom is -0.466 e. The molecule has 3 nitrogen and oxygen atoms in total. The average Bonchev–Trinajstić information content (AvgIpc) is 2.04. The van der Waals surface area contributed by atoms with Crippen molar-refractivity contribution < 1.29 is 9.53 Å². The SMILES string of the molecule is CCOC(=O)CC1(C)CCCCN1. The molecule has 0 aromatic rings. The Morgan fingerprint density at radius 3 is 2.85 bits per heavy atom. The summed E-state index contributed by atoms with van der Waals surface area (Å²) >= 11 is 0. The summed E-state index contributed by atoms with van der Waals surface area (Å²) in [5.41, 5.74) is -0.0233. The summed E-state index contributed by atoms with van der Waals surface area (Å²) in [6.07, 6.45) is 4.01. The first kappa shape index (κ1) is 10.5. The predicted octanol–water partition coefficient (Wildman–Crippen LogP) is 1.47. The first-order valence-corrected chi connectivity index (χ1v) is 5.07. The van der Waals surface area contributed by atoms with E-state index in [9.17, 15) is 4.79 Å². The number of ether oxygens (including phenoxy) is 1. The highest BCUT2D eigenvalue weighted by atomic mass is 16.5. The van der Waals surface area contributed by atoms with Crippen molar-refractivity contribution in [3.05, 3.63) is 0 Å². The standard InChI is InChI=1S/C10H19NO2/c1-3-13-9(12)8-10(2)6-4-5-7-11-10/h11H,3-8H2,1-2H3. The van der Waals surface area contributed by atoms with Gasteiger partial charge < -0.3 is 10.1 Å². The topological polar surface area (TPSA) is 38.3 Å². The van der Waals surface area contributed by atoms with Gasteiger partial charge in [-0.2, -0.15) is 0 Å². The summed E-state index contributed by atoms with van der Waals surface area (Å²) in [7, 11) is 0. The van der Waals surface area contributed by atoms with Crippen LogP contribution in [0.2, 0.25) is 0 Å². The van der Waals surface area contributed by atoms with E-state index in [4.69, 9.17) is 4.74 Å². The van der Waals surface area contributed by atoms with Gasteiger partial charge in [0.1, 0.15) is 0 Å². The third-order valence-corrected chi connectivity index (χ3v) is 2.55. The average molecular weight is 185 g/mol. The zero-order valence-electron chi connectivity index (χ0n) is 8.56. The number of esters is 1. The molecule has 1 atom stereocenters. The molecule has 0 saturated carbocycles. The van der Waals surface area contributed by atoms with Crippen molar-refractivity contribution in [3.63, 3.8) is 0 Å². The Morgan fingerprint density at radius 1 is 1.54 bits per heavy atom. The molecule has 13 heavy (non-hydrogen) atoms. The molecule has 1 aliphatic heterocycles. The molecular weight excluding hydrogens is 166 g/mol. The van der Waals surface area contributed by atoms with Crippen LogP contribution in [0.5, 0.6) is 0 Å². The van der Waals surface area contributed by atoms with E-state index < -0.39 is 0 Å². The van der Waals surface area contributed by atoms with Crippen molar-refractivity contribution in [3.8, 4) is 0 Å². The van der Waals surface area contributed by atoms with Gasteiger partial charge in [0.2, 0.25) is 0 Å². The summed E-state index contributed by atoms with van der Waals surface area (Å²) in [4.78, 5) is 11.3. The second-order valence-electron chi connectivity index (χ2n) is 3.93. The number of rotatable bonds is 3. The van der Waals surface area contributed by atoms with Gasteiger partial charge in [-0.15, -0.1) is 0 Å². The predicted molar refractivity (Wildman–Crippen MR) is 51.5 cm³/mol. The van der Waals surface area contributed by atoms with Gasteiger partial charge in [-0.05, 0) is 33.2 Å². The van der Waals surface area contributed by atoms with Crippen molar-refractivity contribution in [1.29, 1.82) is 0 Å². The largest absolute Gasteiger partial charge is 0.466 e. The Kier molecular flexibility index (Phi) is 3.72. The lowest BCUT2D eigenvalue weighted by Crippen LogP contribution is -2.47. The molecule has 0 aromatic carbocycles. The number of hydrogen-bond acceptors (Lipinski definition) is 3. The fraction of sp³-hybridized carbons (Fsp3) is 0.900. The lowest BCUT2D eigenvalue weighted by atomic mass is 9.88. The lowest BCUT2D eigenvalue weighted by Gasteiger charge is -2.34. The van der Waals surface area contributed by atoms with E-state index in [0.29, 0.717) is 13.0 Å². The molecule has 0 bridgehead atoms. The van der Waals surface area contributed by atoms with Gasteiger partial charge in [0.25, 0.3) is 0 Å². The van der Waals surface area contributed by atoms with Crippen LogP contribution in [0.3, 0.4) is 0 Å². The summed E-state index contributed by atoms with van der Waals surface area (Å²) in [5, 5.41) is 3.38. The Morgan fingerprint density at radius 2 is 2.31 bits per heavy atom. The molecule has 0 radical (unpaired) electrons. The van der Waals surface area contributed by atoms with Gasteiger partial charge in [-0.25, -0.2) is 0 Å². The molecule has 0 aliphatic carbocycles. The number of hydrogen-bond donors (Lipinski definition) is 1. The molecule has 1 unspecified atom stereocenters. The van der Waals surface area contributed by atoms with E-state index in [0.717, 1.165) is 13.0 Å². The van der Waals surface area contributed by atoms with Gasteiger partial charge in [-0.3, -0.25) is 4.79 Å². The third kappa shape index (κ3) is 3.35. The van der Waals surface area contributed by atoms with E-state index in [1.165, 1.54) is 12.8 Å². The minimum atomic E-state index is -0.0839. The molecule has 1 N–H and O–H groups in total.